The van der Waals surface area contributed by atoms with E-state index in [9.17, 15) is 9.59 Å². The second-order valence-electron chi connectivity index (χ2n) is 6.69. The fourth-order valence-corrected chi connectivity index (χ4v) is 3.76. The molecule has 3 amide bonds. The number of nitrogens with one attached hydrogen (secondary N) is 1. The van der Waals surface area contributed by atoms with E-state index < -0.39 is 0 Å². The Hall–Kier alpha value is -1.54. The van der Waals surface area contributed by atoms with Crippen molar-refractivity contribution in [3.05, 3.63) is 28.2 Å². The van der Waals surface area contributed by atoms with Gasteiger partial charge < -0.3 is 19.9 Å². The summed E-state index contributed by atoms with van der Waals surface area (Å²) in [6.07, 6.45) is 0. The van der Waals surface area contributed by atoms with E-state index in [1.165, 1.54) is 0 Å². The molecule has 1 aromatic rings. The van der Waals surface area contributed by atoms with Crippen LogP contribution >= 0.6 is 23.2 Å². The average Bonchev–Trinajstić information content (AvgIpc) is 2.69. The Morgan fingerprint density at radius 3 is 2.33 bits per heavy atom. The van der Waals surface area contributed by atoms with Gasteiger partial charge in [0.05, 0.1) is 30.0 Å². The first kappa shape index (κ1) is 20.2. The largest absolute Gasteiger partial charge is 0.378 e. The molecule has 3 rings (SSSR count). The predicted octanol–water partition coefficient (Wildman–Crippen LogP) is 2.39. The number of nitrogens with zero attached hydrogens (tertiary/aromatic N) is 3. The number of hydrogen-bond donors (Lipinski definition) is 1. The van der Waals surface area contributed by atoms with E-state index in [0.29, 0.717) is 68.2 Å². The van der Waals surface area contributed by atoms with Crippen LogP contribution in [0.15, 0.2) is 18.2 Å². The summed E-state index contributed by atoms with van der Waals surface area (Å²) in [5, 5.41) is 3.74. The minimum absolute atomic E-state index is 0.129. The van der Waals surface area contributed by atoms with Crippen LogP contribution in [0.3, 0.4) is 0 Å². The van der Waals surface area contributed by atoms with Crippen molar-refractivity contribution in [1.82, 2.24) is 14.7 Å². The number of piperazine rings is 1. The van der Waals surface area contributed by atoms with E-state index in [2.05, 4.69) is 10.2 Å². The predicted molar refractivity (Wildman–Crippen MR) is 105 cm³/mol. The van der Waals surface area contributed by atoms with Crippen molar-refractivity contribution >= 4 is 40.8 Å². The molecule has 0 bridgehead atoms. The summed E-state index contributed by atoms with van der Waals surface area (Å²) in [5.41, 5.74) is 0.532. The second-order valence-corrected chi connectivity index (χ2v) is 7.53. The summed E-state index contributed by atoms with van der Waals surface area (Å²) in [5.74, 6) is 0.129. The van der Waals surface area contributed by atoms with Gasteiger partial charge in [0.2, 0.25) is 5.91 Å². The van der Waals surface area contributed by atoms with Crippen LogP contribution in [0.1, 0.15) is 6.92 Å². The van der Waals surface area contributed by atoms with E-state index >= 15 is 0 Å². The van der Waals surface area contributed by atoms with E-state index in [0.717, 1.165) is 0 Å². The molecule has 1 N–H and O–H groups in total. The molecule has 1 unspecified atom stereocenters. The normalized spacial score (nSPS) is 19.7. The van der Waals surface area contributed by atoms with Crippen LogP contribution in [-0.4, -0.2) is 85.2 Å². The van der Waals surface area contributed by atoms with Gasteiger partial charge in [0.25, 0.3) is 0 Å². The smallest absolute Gasteiger partial charge is 0.321 e. The second kappa shape index (κ2) is 9.10. The molecule has 0 aliphatic carbocycles. The summed E-state index contributed by atoms with van der Waals surface area (Å²) in [7, 11) is 0. The molecule has 0 aromatic heterocycles. The van der Waals surface area contributed by atoms with E-state index in [1.807, 2.05) is 11.8 Å². The first-order valence-corrected chi connectivity index (χ1v) is 9.83. The van der Waals surface area contributed by atoms with Gasteiger partial charge in [-0.1, -0.05) is 23.2 Å². The van der Waals surface area contributed by atoms with E-state index in [4.69, 9.17) is 27.9 Å². The minimum Gasteiger partial charge on any atom is -0.378 e. The molecule has 1 aromatic carbocycles. The fraction of sp³-hybridized carbons (Fsp3) is 0.556. The molecule has 27 heavy (non-hydrogen) atoms. The van der Waals surface area contributed by atoms with Crippen LogP contribution < -0.4 is 5.32 Å². The zero-order valence-corrected chi connectivity index (χ0v) is 16.8. The number of morpholine rings is 1. The van der Waals surface area contributed by atoms with Crippen molar-refractivity contribution in [3.63, 3.8) is 0 Å². The number of amides is 3. The topological polar surface area (TPSA) is 65.1 Å². The van der Waals surface area contributed by atoms with Crippen molar-refractivity contribution < 1.29 is 14.3 Å². The lowest BCUT2D eigenvalue weighted by molar-refractivity contribution is -0.141. The van der Waals surface area contributed by atoms with Crippen LogP contribution in [0.25, 0.3) is 0 Å². The van der Waals surface area contributed by atoms with Gasteiger partial charge >= 0.3 is 6.03 Å². The third kappa shape index (κ3) is 5.04. The Morgan fingerprint density at radius 2 is 1.70 bits per heavy atom. The molecule has 1 atom stereocenters. The lowest BCUT2D eigenvalue weighted by atomic mass is 10.2. The monoisotopic (exact) mass is 414 g/mol. The molecule has 2 saturated heterocycles. The molecular weight excluding hydrogens is 391 g/mol. The number of carbonyl (C=O) groups excluding carboxylic acids is 2. The van der Waals surface area contributed by atoms with Crippen molar-refractivity contribution in [2.75, 3.05) is 57.8 Å². The fourth-order valence-electron chi connectivity index (χ4n) is 3.30. The number of hydrogen-bond acceptors (Lipinski definition) is 4. The molecule has 0 saturated carbocycles. The summed E-state index contributed by atoms with van der Waals surface area (Å²) < 4.78 is 5.30. The number of halogens is 2. The van der Waals surface area contributed by atoms with Gasteiger partial charge in [0.15, 0.2) is 0 Å². The van der Waals surface area contributed by atoms with Crippen LogP contribution in [0.4, 0.5) is 10.5 Å². The van der Waals surface area contributed by atoms with Crippen LogP contribution in [0.2, 0.25) is 10.0 Å². The van der Waals surface area contributed by atoms with Gasteiger partial charge in [-0.3, -0.25) is 9.69 Å². The van der Waals surface area contributed by atoms with E-state index in [-0.39, 0.29) is 18.0 Å². The maximum atomic E-state index is 12.6. The van der Waals surface area contributed by atoms with Crippen LogP contribution in [0, 0.1) is 0 Å². The van der Waals surface area contributed by atoms with Gasteiger partial charge in [0.1, 0.15) is 0 Å². The Labute approximate surface area is 169 Å². The molecule has 2 heterocycles. The lowest BCUT2D eigenvalue weighted by Crippen LogP contribution is -2.57. The van der Waals surface area contributed by atoms with Crippen molar-refractivity contribution in [2.24, 2.45) is 0 Å². The molecule has 2 aliphatic rings. The number of rotatable bonds is 3. The highest BCUT2D eigenvalue weighted by molar-refractivity contribution is 6.36. The molecule has 2 aliphatic heterocycles. The summed E-state index contributed by atoms with van der Waals surface area (Å²) in [6, 6.07) is 4.56. The first-order valence-electron chi connectivity index (χ1n) is 9.07. The Bertz CT molecular complexity index is 689. The zero-order valence-electron chi connectivity index (χ0n) is 15.3. The number of carbonyl (C=O) groups is 2. The quantitative estimate of drug-likeness (QED) is 0.824. The van der Waals surface area contributed by atoms with Crippen molar-refractivity contribution in [1.29, 1.82) is 0 Å². The zero-order chi connectivity index (χ0) is 19.4. The van der Waals surface area contributed by atoms with Gasteiger partial charge in [-0.25, -0.2) is 4.79 Å². The molecule has 7 nitrogen and oxygen atoms in total. The number of urea groups is 1. The molecule has 0 radical (unpaired) electrons. The molecule has 9 heteroatoms. The van der Waals surface area contributed by atoms with Crippen LogP contribution in [-0.2, 0) is 9.53 Å². The standard InChI is InChI=1S/C18H24Cl2N4O3/c1-13(17(25)23-8-10-27-11-9-23)22-4-6-24(7-5-22)18(26)21-16-3-2-14(19)12-15(16)20/h2-3,12-13H,4-11H2,1H3,(H,21,26). The number of ether oxygens (including phenoxy) is 1. The Kier molecular flexibility index (Phi) is 6.81. The third-order valence-corrected chi connectivity index (χ3v) is 5.55. The average molecular weight is 415 g/mol. The summed E-state index contributed by atoms with van der Waals surface area (Å²) >= 11 is 12.0. The maximum Gasteiger partial charge on any atom is 0.321 e. The third-order valence-electron chi connectivity index (χ3n) is 5.00. The summed E-state index contributed by atoms with van der Waals surface area (Å²) in [6.45, 7) is 6.83. The highest BCUT2D eigenvalue weighted by atomic mass is 35.5. The number of anilines is 1. The Morgan fingerprint density at radius 1 is 1.04 bits per heavy atom. The molecular formula is C18H24Cl2N4O3. The van der Waals surface area contributed by atoms with Gasteiger partial charge in [-0.15, -0.1) is 0 Å². The lowest BCUT2D eigenvalue weighted by Gasteiger charge is -2.39. The van der Waals surface area contributed by atoms with Crippen molar-refractivity contribution in [3.8, 4) is 0 Å². The highest BCUT2D eigenvalue weighted by Crippen LogP contribution is 2.25. The van der Waals surface area contributed by atoms with Gasteiger partial charge in [-0.05, 0) is 25.1 Å². The van der Waals surface area contributed by atoms with Gasteiger partial charge in [-0.2, -0.15) is 0 Å². The Balaban J connectivity index is 1.50. The molecule has 0 spiro atoms. The van der Waals surface area contributed by atoms with Crippen LogP contribution in [0.5, 0.6) is 0 Å². The SMILES string of the molecule is CC(C(=O)N1CCOCC1)N1CCN(C(=O)Nc2ccc(Cl)cc2Cl)CC1. The van der Waals surface area contributed by atoms with Crippen molar-refractivity contribution in [2.45, 2.75) is 13.0 Å². The molecule has 2 fully saturated rings. The summed E-state index contributed by atoms with van der Waals surface area (Å²) in [4.78, 5) is 30.8. The molecule has 148 valence electrons. The first-order chi connectivity index (χ1) is 13.0. The number of benzene rings is 1. The highest BCUT2D eigenvalue weighted by Gasteiger charge is 2.30. The van der Waals surface area contributed by atoms with E-state index in [1.54, 1.807) is 23.1 Å². The van der Waals surface area contributed by atoms with Gasteiger partial charge in [0, 0.05) is 44.3 Å². The maximum absolute atomic E-state index is 12.6. The minimum atomic E-state index is -0.203.